The number of amides is 1. The maximum absolute atomic E-state index is 13.0. The molecular formula is C19H27N5O. The minimum Gasteiger partial charge on any atom is -0.338 e. The number of carbonyl (C=O) groups is 1. The number of aryl methyl sites for hydroxylation is 2. The Morgan fingerprint density at radius 1 is 1.24 bits per heavy atom. The highest BCUT2D eigenvalue weighted by atomic mass is 16.2. The molecule has 1 aliphatic heterocycles. The highest BCUT2D eigenvalue weighted by molar-refractivity contribution is 5.98. The fourth-order valence-electron chi connectivity index (χ4n) is 3.87. The molecule has 4 rings (SSSR count). The number of piperidine rings is 1. The molecule has 0 spiro atoms. The predicted octanol–water partition coefficient (Wildman–Crippen LogP) is 2.51. The van der Waals surface area contributed by atoms with Crippen LogP contribution in [-0.4, -0.2) is 50.7 Å². The smallest absolute Gasteiger partial charge is 0.255 e. The number of nitrogens with zero attached hydrogens (tertiary/aromatic N) is 4. The Balaban J connectivity index is 1.45. The van der Waals surface area contributed by atoms with Crippen molar-refractivity contribution in [2.75, 3.05) is 13.1 Å². The van der Waals surface area contributed by atoms with Crippen LogP contribution >= 0.6 is 0 Å². The zero-order valence-electron chi connectivity index (χ0n) is 15.2. The van der Waals surface area contributed by atoms with E-state index in [9.17, 15) is 4.79 Å². The average molecular weight is 341 g/mol. The topological polar surface area (TPSA) is 63.1 Å². The lowest BCUT2D eigenvalue weighted by molar-refractivity contribution is 0.0696. The van der Waals surface area contributed by atoms with Gasteiger partial charge in [-0.2, -0.15) is 5.10 Å². The summed E-state index contributed by atoms with van der Waals surface area (Å²) < 4.78 is 1.87. The average Bonchev–Trinajstić information content (AvgIpc) is 2.99. The number of rotatable bonds is 4. The van der Waals surface area contributed by atoms with Gasteiger partial charge in [-0.1, -0.05) is 6.42 Å². The molecule has 2 fully saturated rings. The Labute approximate surface area is 148 Å². The molecule has 2 aromatic heterocycles. The zero-order valence-corrected chi connectivity index (χ0v) is 15.2. The monoisotopic (exact) mass is 341 g/mol. The standard InChI is InChI=1S/C19H27N5O/c1-3-24-18-14(12-20-24)11-17(13(2)21-18)19(25)23-9-7-16(8-10-23)22-15-5-4-6-15/h11-12,15-16,22H,3-10H2,1-2H3. The fraction of sp³-hybridized carbons (Fsp3) is 0.632. The first-order valence-electron chi connectivity index (χ1n) is 9.54. The van der Waals surface area contributed by atoms with Gasteiger partial charge >= 0.3 is 0 Å². The lowest BCUT2D eigenvalue weighted by Gasteiger charge is -2.37. The number of fused-ring (bicyclic) bond motifs is 1. The Hall–Kier alpha value is -1.95. The number of nitrogens with one attached hydrogen (secondary N) is 1. The van der Waals surface area contributed by atoms with Crippen molar-refractivity contribution >= 4 is 16.9 Å². The van der Waals surface area contributed by atoms with E-state index in [1.165, 1.54) is 19.3 Å². The number of carbonyl (C=O) groups excluding carboxylic acids is 1. The summed E-state index contributed by atoms with van der Waals surface area (Å²) in [6.45, 7) is 6.41. The first-order chi connectivity index (χ1) is 12.2. The number of hydrogen-bond acceptors (Lipinski definition) is 4. The van der Waals surface area contributed by atoms with E-state index in [2.05, 4.69) is 15.4 Å². The van der Waals surface area contributed by atoms with Crippen molar-refractivity contribution in [1.82, 2.24) is 25.0 Å². The summed E-state index contributed by atoms with van der Waals surface area (Å²) in [6.07, 6.45) is 7.88. The van der Waals surface area contributed by atoms with Crippen LogP contribution in [0.4, 0.5) is 0 Å². The third-order valence-corrected chi connectivity index (χ3v) is 5.69. The molecule has 0 bridgehead atoms. The molecule has 1 aliphatic carbocycles. The molecule has 1 saturated carbocycles. The molecule has 1 N–H and O–H groups in total. The van der Waals surface area contributed by atoms with E-state index in [1.807, 2.05) is 29.5 Å². The summed E-state index contributed by atoms with van der Waals surface area (Å²) in [5, 5.41) is 9.02. The van der Waals surface area contributed by atoms with Gasteiger partial charge in [-0.25, -0.2) is 9.67 Å². The first kappa shape index (κ1) is 16.5. The third-order valence-electron chi connectivity index (χ3n) is 5.69. The van der Waals surface area contributed by atoms with E-state index in [4.69, 9.17) is 0 Å². The van der Waals surface area contributed by atoms with E-state index >= 15 is 0 Å². The van der Waals surface area contributed by atoms with Gasteiger partial charge in [0.15, 0.2) is 5.65 Å². The maximum Gasteiger partial charge on any atom is 0.255 e. The highest BCUT2D eigenvalue weighted by Crippen LogP contribution is 2.23. The first-order valence-corrected chi connectivity index (χ1v) is 9.54. The van der Waals surface area contributed by atoms with Crippen LogP contribution < -0.4 is 5.32 Å². The molecule has 134 valence electrons. The third kappa shape index (κ3) is 3.15. The molecular weight excluding hydrogens is 314 g/mol. The Bertz CT molecular complexity index is 771. The van der Waals surface area contributed by atoms with E-state index in [-0.39, 0.29) is 5.91 Å². The van der Waals surface area contributed by atoms with Crippen LogP contribution in [0.3, 0.4) is 0 Å². The molecule has 0 radical (unpaired) electrons. The number of pyridine rings is 1. The number of hydrogen-bond donors (Lipinski definition) is 1. The van der Waals surface area contributed by atoms with Gasteiger partial charge in [-0.05, 0) is 45.6 Å². The van der Waals surface area contributed by atoms with Crippen LogP contribution in [0.1, 0.15) is 55.1 Å². The van der Waals surface area contributed by atoms with E-state index in [0.29, 0.717) is 11.6 Å². The van der Waals surface area contributed by atoms with Crippen molar-refractivity contribution in [1.29, 1.82) is 0 Å². The SMILES string of the molecule is CCn1ncc2cc(C(=O)N3CCC(NC4CCC4)CC3)c(C)nc21. The van der Waals surface area contributed by atoms with Gasteiger partial charge in [-0.3, -0.25) is 4.79 Å². The summed E-state index contributed by atoms with van der Waals surface area (Å²) in [5.74, 6) is 0.109. The molecule has 2 aromatic rings. The van der Waals surface area contributed by atoms with Crippen LogP contribution in [0.2, 0.25) is 0 Å². The number of likely N-dealkylation sites (tertiary alicyclic amines) is 1. The lowest BCUT2D eigenvalue weighted by Crippen LogP contribution is -2.49. The minimum absolute atomic E-state index is 0.109. The summed E-state index contributed by atoms with van der Waals surface area (Å²) >= 11 is 0. The molecule has 25 heavy (non-hydrogen) atoms. The largest absolute Gasteiger partial charge is 0.338 e. The van der Waals surface area contributed by atoms with Crippen molar-refractivity contribution in [2.45, 2.75) is 64.6 Å². The molecule has 0 atom stereocenters. The molecule has 1 amide bonds. The summed E-state index contributed by atoms with van der Waals surface area (Å²) in [6, 6.07) is 3.24. The highest BCUT2D eigenvalue weighted by Gasteiger charge is 2.28. The van der Waals surface area contributed by atoms with Crippen molar-refractivity contribution < 1.29 is 4.79 Å². The zero-order chi connectivity index (χ0) is 17.4. The van der Waals surface area contributed by atoms with E-state index in [1.54, 1.807) is 6.20 Å². The van der Waals surface area contributed by atoms with Gasteiger partial charge < -0.3 is 10.2 Å². The molecule has 0 unspecified atom stereocenters. The van der Waals surface area contributed by atoms with Gasteiger partial charge in [0.2, 0.25) is 0 Å². The van der Waals surface area contributed by atoms with Gasteiger partial charge in [0.05, 0.1) is 17.5 Å². The fourth-order valence-corrected chi connectivity index (χ4v) is 3.87. The second kappa shape index (κ2) is 6.75. The van der Waals surface area contributed by atoms with Crippen molar-refractivity contribution in [2.24, 2.45) is 0 Å². The van der Waals surface area contributed by atoms with Crippen LogP contribution in [0.25, 0.3) is 11.0 Å². The molecule has 6 heteroatoms. The van der Waals surface area contributed by atoms with Crippen LogP contribution in [0, 0.1) is 6.92 Å². The maximum atomic E-state index is 13.0. The molecule has 1 saturated heterocycles. The molecule has 6 nitrogen and oxygen atoms in total. The molecule has 2 aliphatic rings. The minimum atomic E-state index is 0.109. The van der Waals surface area contributed by atoms with Crippen LogP contribution in [0.15, 0.2) is 12.3 Å². The lowest BCUT2D eigenvalue weighted by atomic mass is 9.91. The van der Waals surface area contributed by atoms with Gasteiger partial charge in [0.25, 0.3) is 5.91 Å². The summed E-state index contributed by atoms with van der Waals surface area (Å²) in [7, 11) is 0. The number of aromatic nitrogens is 3. The summed E-state index contributed by atoms with van der Waals surface area (Å²) in [4.78, 5) is 19.6. The molecule has 3 heterocycles. The van der Waals surface area contributed by atoms with Crippen molar-refractivity contribution in [3.05, 3.63) is 23.5 Å². The predicted molar refractivity (Wildman–Crippen MR) is 97.6 cm³/mol. The second-order valence-electron chi connectivity index (χ2n) is 7.36. The van der Waals surface area contributed by atoms with Gasteiger partial charge in [0.1, 0.15) is 0 Å². The van der Waals surface area contributed by atoms with Gasteiger partial charge in [0, 0.05) is 37.1 Å². The Morgan fingerprint density at radius 2 is 1.96 bits per heavy atom. The normalized spacial score (nSPS) is 19.4. The quantitative estimate of drug-likeness (QED) is 0.928. The van der Waals surface area contributed by atoms with Crippen molar-refractivity contribution in [3.63, 3.8) is 0 Å². The van der Waals surface area contributed by atoms with E-state index in [0.717, 1.165) is 55.2 Å². The van der Waals surface area contributed by atoms with Crippen LogP contribution in [-0.2, 0) is 6.54 Å². The Kier molecular flexibility index (Phi) is 4.46. The van der Waals surface area contributed by atoms with Gasteiger partial charge in [-0.15, -0.1) is 0 Å². The Morgan fingerprint density at radius 3 is 2.60 bits per heavy atom. The van der Waals surface area contributed by atoms with Crippen LogP contribution in [0.5, 0.6) is 0 Å². The second-order valence-corrected chi connectivity index (χ2v) is 7.36. The molecule has 0 aromatic carbocycles. The summed E-state index contributed by atoms with van der Waals surface area (Å²) in [5.41, 5.74) is 2.37. The van der Waals surface area contributed by atoms with E-state index < -0.39 is 0 Å². The van der Waals surface area contributed by atoms with Crippen molar-refractivity contribution in [3.8, 4) is 0 Å².